The van der Waals surface area contributed by atoms with E-state index in [4.69, 9.17) is 9.84 Å². The Balaban J connectivity index is 2.49. The van der Waals surface area contributed by atoms with Crippen molar-refractivity contribution in [3.63, 3.8) is 0 Å². The lowest BCUT2D eigenvalue weighted by Crippen LogP contribution is -2.19. The van der Waals surface area contributed by atoms with E-state index in [9.17, 15) is 4.79 Å². The molecule has 0 saturated carbocycles. The maximum atomic E-state index is 10.5. The van der Waals surface area contributed by atoms with E-state index in [2.05, 4.69) is 18.9 Å². The highest BCUT2D eigenvalue weighted by atomic mass is 16.5. The van der Waals surface area contributed by atoms with Gasteiger partial charge in [0.1, 0.15) is 0 Å². The third-order valence-electron chi connectivity index (χ3n) is 2.53. The highest BCUT2D eigenvalue weighted by Crippen LogP contribution is 2.10. The van der Waals surface area contributed by atoms with Crippen LogP contribution in [0.1, 0.15) is 38.9 Å². The van der Waals surface area contributed by atoms with Crippen molar-refractivity contribution in [3.05, 3.63) is 18.0 Å². The van der Waals surface area contributed by atoms with E-state index in [1.807, 2.05) is 16.9 Å². The van der Waals surface area contributed by atoms with Crippen LogP contribution in [0.3, 0.4) is 0 Å². The summed E-state index contributed by atoms with van der Waals surface area (Å²) < 4.78 is 7.01. The second kappa shape index (κ2) is 5.65. The molecular formula is C11H18N2O3. The Labute approximate surface area is 95.0 Å². The van der Waals surface area contributed by atoms with Gasteiger partial charge >= 0.3 is 5.97 Å². The zero-order chi connectivity index (χ0) is 12.1. The van der Waals surface area contributed by atoms with Gasteiger partial charge < -0.3 is 9.84 Å². The molecule has 0 radical (unpaired) electrons. The van der Waals surface area contributed by atoms with Crippen molar-refractivity contribution in [1.29, 1.82) is 0 Å². The van der Waals surface area contributed by atoms with Gasteiger partial charge in [-0.2, -0.15) is 5.10 Å². The summed E-state index contributed by atoms with van der Waals surface area (Å²) in [6.07, 6.45) is 2.10. The monoisotopic (exact) mass is 226 g/mol. The van der Waals surface area contributed by atoms with E-state index in [1.54, 1.807) is 0 Å². The zero-order valence-electron chi connectivity index (χ0n) is 9.88. The van der Waals surface area contributed by atoms with Gasteiger partial charge in [0.25, 0.3) is 0 Å². The summed E-state index contributed by atoms with van der Waals surface area (Å²) in [6, 6.07) is 2.20. The summed E-state index contributed by atoms with van der Waals surface area (Å²) in [5, 5.41) is 13.0. The first-order chi connectivity index (χ1) is 7.54. The molecule has 1 aromatic rings. The molecule has 1 unspecified atom stereocenters. The summed E-state index contributed by atoms with van der Waals surface area (Å²) >= 11 is 0. The number of carboxylic acid groups (broad SMARTS) is 1. The molecule has 0 amide bonds. The molecule has 0 saturated heterocycles. The molecule has 0 aliphatic rings. The number of nitrogens with zero attached hydrogens (tertiary/aromatic N) is 2. The van der Waals surface area contributed by atoms with Crippen LogP contribution in [0, 0.1) is 0 Å². The van der Waals surface area contributed by atoms with Gasteiger partial charge in [-0.15, -0.1) is 0 Å². The van der Waals surface area contributed by atoms with Gasteiger partial charge in [-0.25, -0.2) is 4.79 Å². The average molecular weight is 226 g/mol. The molecule has 0 bridgehead atoms. The first kappa shape index (κ1) is 12.7. The number of carbonyl (C=O) groups is 1. The number of carboxylic acids is 1. The molecule has 5 heteroatoms. The fourth-order valence-corrected chi connectivity index (χ4v) is 1.17. The summed E-state index contributed by atoms with van der Waals surface area (Å²) in [5.41, 5.74) is 0.758. The average Bonchev–Trinajstić information content (AvgIpc) is 2.73. The Bertz CT molecular complexity index is 349. The van der Waals surface area contributed by atoms with Gasteiger partial charge in [0.2, 0.25) is 0 Å². The summed E-state index contributed by atoms with van der Waals surface area (Å²) in [5.74, 6) is -0.957. The Morgan fingerprint density at radius 3 is 2.88 bits per heavy atom. The van der Waals surface area contributed by atoms with Crippen LogP contribution in [-0.2, 0) is 16.1 Å². The van der Waals surface area contributed by atoms with Gasteiger partial charge in [0.05, 0.1) is 12.3 Å². The molecule has 1 aromatic heterocycles. The molecule has 1 heterocycles. The Morgan fingerprint density at radius 1 is 1.62 bits per heavy atom. The highest BCUT2D eigenvalue weighted by Gasteiger charge is 2.12. The predicted molar refractivity (Wildman–Crippen MR) is 59.1 cm³/mol. The molecule has 0 fully saturated rings. The van der Waals surface area contributed by atoms with Crippen molar-refractivity contribution in [2.45, 2.75) is 45.9 Å². The van der Waals surface area contributed by atoms with Crippen molar-refractivity contribution in [2.75, 3.05) is 0 Å². The molecule has 1 N–H and O–H groups in total. The first-order valence-corrected chi connectivity index (χ1v) is 5.43. The molecule has 0 spiro atoms. The lowest BCUT2D eigenvalue weighted by atomic mass is 10.3. The minimum Gasteiger partial charge on any atom is -0.479 e. The second-order valence-corrected chi connectivity index (χ2v) is 3.84. The highest BCUT2D eigenvalue weighted by molar-refractivity contribution is 5.71. The van der Waals surface area contributed by atoms with Gasteiger partial charge in [-0.05, 0) is 26.3 Å². The maximum Gasteiger partial charge on any atom is 0.332 e. The molecule has 16 heavy (non-hydrogen) atoms. The number of aromatic nitrogens is 2. The molecule has 0 aromatic carbocycles. The van der Waals surface area contributed by atoms with Crippen LogP contribution in [0.5, 0.6) is 0 Å². The summed E-state index contributed by atoms with van der Waals surface area (Å²) in [7, 11) is 0. The van der Waals surface area contributed by atoms with Gasteiger partial charge in [0.15, 0.2) is 6.10 Å². The lowest BCUT2D eigenvalue weighted by molar-refractivity contribution is -0.149. The van der Waals surface area contributed by atoms with E-state index >= 15 is 0 Å². The van der Waals surface area contributed by atoms with Gasteiger partial charge in [-0.1, -0.05) is 6.92 Å². The largest absolute Gasteiger partial charge is 0.479 e. The second-order valence-electron chi connectivity index (χ2n) is 3.84. The van der Waals surface area contributed by atoms with Crippen LogP contribution in [-0.4, -0.2) is 27.0 Å². The van der Waals surface area contributed by atoms with Gasteiger partial charge in [0, 0.05) is 12.2 Å². The Hall–Kier alpha value is -1.36. The minimum absolute atomic E-state index is 0.233. The summed E-state index contributed by atoms with van der Waals surface area (Å²) in [6.45, 7) is 5.91. The van der Waals surface area contributed by atoms with Crippen molar-refractivity contribution in [1.82, 2.24) is 9.78 Å². The number of aliphatic carboxylic acids is 1. The van der Waals surface area contributed by atoms with E-state index in [1.165, 1.54) is 6.92 Å². The fourth-order valence-electron chi connectivity index (χ4n) is 1.17. The predicted octanol–water partition coefficient (Wildman–Crippen LogP) is 1.84. The Morgan fingerprint density at radius 2 is 2.31 bits per heavy atom. The zero-order valence-corrected chi connectivity index (χ0v) is 9.88. The molecular weight excluding hydrogens is 208 g/mol. The molecule has 90 valence electrons. The number of hydrogen-bond acceptors (Lipinski definition) is 3. The third kappa shape index (κ3) is 3.34. The van der Waals surface area contributed by atoms with Crippen LogP contribution in [0.15, 0.2) is 12.3 Å². The van der Waals surface area contributed by atoms with E-state index in [0.29, 0.717) is 6.04 Å². The number of rotatable bonds is 6. The van der Waals surface area contributed by atoms with Crippen LogP contribution >= 0.6 is 0 Å². The Kier molecular flexibility index (Phi) is 4.49. The quantitative estimate of drug-likeness (QED) is 0.803. The fraction of sp³-hybridized carbons (Fsp3) is 0.636. The van der Waals surface area contributed by atoms with Crippen molar-refractivity contribution in [3.8, 4) is 0 Å². The first-order valence-electron chi connectivity index (χ1n) is 5.43. The standard InChI is InChI=1S/C11H18N2O3/c1-4-8(2)13-6-5-10(12-13)7-16-9(3)11(14)15/h5-6,8-9H,4,7H2,1-3H3,(H,14,15)/t8?,9-/m0/s1. The van der Waals surface area contributed by atoms with E-state index in [-0.39, 0.29) is 6.61 Å². The molecule has 2 atom stereocenters. The van der Waals surface area contributed by atoms with Crippen LogP contribution in [0.2, 0.25) is 0 Å². The van der Waals surface area contributed by atoms with Crippen molar-refractivity contribution in [2.24, 2.45) is 0 Å². The molecule has 5 nitrogen and oxygen atoms in total. The topological polar surface area (TPSA) is 64.3 Å². The normalized spacial score (nSPS) is 14.7. The van der Waals surface area contributed by atoms with E-state index in [0.717, 1.165) is 12.1 Å². The lowest BCUT2D eigenvalue weighted by Gasteiger charge is -2.09. The van der Waals surface area contributed by atoms with Crippen molar-refractivity contribution < 1.29 is 14.6 Å². The smallest absolute Gasteiger partial charge is 0.332 e. The number of ether oxygens (including phenoxy) is 1. The minimum atomic E-state index is -0.957. The van der Waals surface area contributed by atoms with Crippen LogP contribution in [0.25, 0.3) is 0 Å². The summed E-state index contributed by atoms with van der Waals surface area (Å²) in [4.78, 5) is 10.5. The molecule has 0 aliphatic carbocycles. The van der Waals surface area contributed by atoms with Crippen molar-refractivity contribution >= 4 is 5.97 Å². The van der Waals surface area contributed by atoms with Crippen LogP contribution in [0.4, 0.5) is 0 Å². The molecule has 1 rings (SSSR count). The van der Waals surface area contributed by atoms with E-state index < -0.39 is 12.1 Å². The third-order valence-corrected chi connectivity index (χ3v) is 2.53. The maximum absolute atomic E-state index is 10.5. The van der Waals surface area contributed by atoms with Crippen LogP contribution < -0.4 is 0 Å². The molecule has 0 aliphatic heterocycles. The van der Waals surface area contributed by atoms with Gasteiger partial charge in [-0.3, -0.25) is 4.68 Å². The SMILES string of the molecule is CCC(C)n1ccc(CO[C@@H](C)C(=O)O)n1. The number of hydrogen-bond donors (Lipinski definition) is 1.